The van der Waals surface area contributed by atoms with E-state index in [1.54, 1.807) is 0 Å². The normalized spacial score (nSPS) is 12.8. The molecule has 1 aromatic heterocycles. The number of rotatable bonds is 3. The monoisotopic (exact) mass is 328 g/mol. The van der Waals surface area contributed by atoms with Crippen LogP contribution in [0.2, 0.25) is 0 Å². The quantitative estimate of drug-likeness (QED) is 0.847. The van der Waals surface area contributed by atoms with Gasteiger partial charge in [0.2, 0.25) is 0 Å². The molecule has 122 valence electrons. The number of anilines is 1. The molecule has 0 fully saturated rings. The summed E-state index contributed by atoms with van der Waals surface area (Å²) in [5.74, 6) is -1.77. The fraction of sp³-hybridized carbons (Fsp3) is 0.200. The second-order valence-corrected chi connectivity index (χ2v) is 4.78. The van der Waals surface area contributed by atoms with Crippen LogP contribution < -0.4 is 5.32 Å². The first kappa shape index (κ1) is 16.9. The number of amides is 1. The molecule has 1 heterocycles. The number of halogens is 4. The number of nitrogens with one attached hydrogen (secondary N) is 1. The van der Waals surface area contributed by atoms with E-state index in [4.69, 9.17) is 0 Å². The van der Waals surface area contributed by atoms with Crippen LogP contribution in [0.4, 0.5) is 23.2 Å². The predicted octanol–water partition coefficient (Wildman–Crippen LogP) is 3.55. The van der Waals surface area contributed by atoms with Crippen molar-refractivity contribution >= 4 is 11.6 Å². The van der Waals surface area contributed by atoms with E-state index in [-0.39, 0.29) is 5.69 Å². The summed E-state index contributed by atoms with van der Waals surface area (Å²) in [5, 5.41) is 11.6. The first-order valence-corrected chi connectivity index (χ1v) is 6.51. The summed E-state index contributed by atoms with van der Waals surface area (Å²) in [6.07, 6.45) is -5.58. The van der Waals surface area contributed by atoms with Crippen molar-refractivity contribution in [1.29, 1.82) is 0 Å². The van der Waals surface area contributed by atoms with Gasteiger partial charge in [0.1, 0.15) is 17.2 Å². The summed E-state index contributed by atoms with van der Waals surface area (Å²) in [7, 11) is 0. The number of benzene rings is 1. The van der Waals surface area contributed by atoms with Gasteiger partial charge in [0.25, 0.3) is 5.91 Å². The Bertz CT molecular complexity index is 730. The molecule has 2 rings (SSSR count). The number of aliphatic hydroxyl groups excluding tert-OH is 1. The SMILES string of the molecule is CC(O)c1ccc(F)c(NC(=O)c2cccc(C(F)(F)F)n2)c1. The molecule has 2 N–H and O–H groups in total. The van der Waals surface area contributed by atoms with Crippen molar-refractivity contribution in [2.75, 3.05) is 5.32 Å². The Balaban J connectivity index is 2.28. The topological polar surface area (TPSA) is 62.2 Å². The molecule has 1 atom stereocenters. The highest BCUT2D eigenvalue weighted by Crippen LogP contribution is 2.27. The highest BCUT2D eigenvalue weighted by molar-refractivity contribution is 6.03. The average Bonchev–Trinajstić information content (AvgIpc) is 2.48. The fourth-order valence-electron chi connectivity index (χ4n) is 1.80. The van der Waals surface area contributed by atoms with Crippen LogP contribution in [0.25, 0.3) is 0 Å². The molecule has 0 saturated carbocycles. The van der Waals surface area contributed by atoms with E-state index in [9.17, 15) is 27.5 Å². The number of hydrogen-bond donors (Lipinski definition) is 2. The minimum atomic E-state index is -4.69. The van der Waals surface area contributed by atoms with E-state index in [0.717, 1.165) is 24.3 Å². The van der Waals surface area contributed by atoms with Crippen LogP contribution in [0.15, 0.2) is 36.4 Å². The van der Waals surface area contributed by atoms with E-state index in [0.29, 0.717) is 5.56 Å². The van der Waals surface area contributed by atoms with Crippen molar-refractivity contribution in [3.63, 3.8) is 0 Å². The van der Waals surface area contributed by atoms with E-state index in [1.165, 1.54) is 19.1 Å². The molecule has 1 unspecified atom stereocenters. The molecule has 0 saturated heterocycles. The molecule has 0 aliphatic rings. The summed E-state index contributed by atoms with van der Waals surface area (Å²) >= 11 is 0. The third kappa shape index (κ3) is 4.04. The lowest BCUT2D eigenvalue weighted by atomic mass is 10.1. The Morgan fingerprint density at radius 3 is 2.57 bits per heavy atom. The minimum Gasteiger partial charge on any atom is -0.389 e. The summed E-state index contributed by atoms with van der Waals surface area (Å²) < 4.78 is 51.4. The predicted molar refractivity (Wildman–Crippen MR) is 74.2 cm³/mol. The molecule has 0 spiro atoms. The minimum absolute atomic E-state index is 0.257. The zero-order valence-electron chi connectivity index (χ0n) is 11.9. The van der Waals surface area contributed by atoms with Gasteiger partial charge in [-0.1, -0.05) is 12.1 Å². The highest BCUT2D eigenvalue weighted by Gasteiger charge is 2.33. The Morgan fingerprint density at radius 1 is 1.26 bits per heavy atom. The lowest BCUT2D eigenvalue weighted by Crippen LogP contribution is -2.17. The summed E-state index contributed by atoms with van der Waals surface area (Å²) in [5.41, 5.74) is -1.63. The smallest absolute Gasteiger partial charge is 0.389 e. The zero-order valence-corrected chi connectivity index (χ0v) is 11.9. The molecular formula is C15H12F4N2O2. The van der Waals surface area contributed by atoms with E-state index in [1.807, 2.05) is 0 Å². The molecule has 23 heavy (non-hydrogen) atoms. The standard InChI is InChI=1S/C15H12F4N2O2/c1-8(22)9-5-6-10(16)12(7-9)21-14(23)11-3-2-4-13(20-11)15(17,18)19/h2-8,22H,1H3,(H,21,23). The number of hydrogen-bond acceptors (Lipinski definition) is 3. The van der Waals surface area contributed by atoms with Gasteiger partial charge in [0.05, 0.1) is 11.8 Å². The summed E-state index contributed by atoms with van der Waals surface area (Å²) in [6, 6.07) is 6.42. The van der Waals surface area contributed by atoms with Crippen LogP contribution in [-0.4, -0.2) is 16.0 Å². The number of aliphatic hydroxyl groups is 1. The molecule has 0 aliphatic carbocycles. The molecule has 0 radical (unpaired) electrons. The summed E-state index contributed by atoms with van der Waals surface area (Å²) in [4.78, 5) is 15.2. The van der Waals surface area contributed by atoms with Gasteiger partial charge >= 0.3 is 6.18 Å². The molecule has 2 aromatic rings. The fourth-order valence-corrected chi connectivity index (χ4v) is 1.80. The molecule has 1 aromatic carbocycles. The molecule has 8 heteroatoms. The van der Waals surface area contributed by atoms with Gasteiger partial charge in [-0.05, 0) is 36.8 Å². The molecule has 0 bridgehead atoms. The van der Waals surface area contributed by atoms with Gasteiger partial charge in [-0.25, -0.2) is 9.37 Å². The Labute approximate surface area is 128 Å². The summed E-state index contributed by atoms with van der Waals surface area (Å²) in [6.45, 7) is 1.45. The molecule has 0 aliphatic heterocycles. The number of aromatic nitrogens is 1. The second-order valence-electron chi connectivity index (χ2n) is 4.78. The Hall–Kier alpha value is -2.48. The first-order valence-electron chi connectivity index (χ1n) is 6.51. The number of pyridine rings is 1. The van der Waals surface area contributed by atoms with Crippen molar-refractivity contribution in [3.05, 3.63) is 59.2 Å². The van der Waals surface area contributed by atoms with Crippen molar-refractivity contribution in [2.24, 2.45) is 0 Å². The maximum Gasteiger partial charge on any atom is 0.433 e. The van der Waals surface area contributed by atoms with E-state index < -0.39 is 35.4 Å². The average molecular weight is 328 g/mol. The van der Waals surface area contributed by atoms with Crippen molar-refractivity contribution in [1.82, 2.24) is 4.98 Å². The first-order chi connectivity index (χ1) is 10.7. The Kier molecular flexibility index (Phi) is 4.65. The van der Waals surface area contributed by atoms with Gasteiger partial charge in [0.15, 0.2) is 0 Å². The second kappa shape index (κ2) is 6.33. The highest BCUT2D eigenvalue weighted by atomic mass is 19.4. The van der Waals surface area contributed by atoms with Crippen molar-refractivity contribution in [3.8, 4) is 0 Å². The van der Waals surface area contributed by atoms with Crippen LogP contribution in [0.3, 0.4) is 0 Å². The lowest BCUT2D eigenvalue weighted by molar-refractivity contribution is -0.141. The van der Waals surface area contributed by atoms with Gasteiger partial charge in [-0.2, -0.15) is 13.2 Å². The third-order valence-electron chi connectivity index (χ3n) is 2.99. The molecule has 1 amide bonds. The molecule has 4 nitrogen and oxygen atoms in total. The maximum atomic E-state index is 13.7. The van der Waals surface area contributed by atoms with Crippen molar-refractivity contribution in [2.45, 2.75) is 19.2 Å². The number of carbonyl (C=O) groups excluding carboxylic acids is 1. The van der Waals surface area contributed by atoms with Gasteiger partial charge in [0, 0.05) is 0 Å². The number of alkyl halides is 3. The third-order valence-corrected chi connectivity index (χ3v) is 2.99. The van der Waals surface area contributed by atoms with Crippen LogP contribution in [0.1, 0.15) is 34.8 Å². The van der Waals surface area contributed by atoms with Crippen LogP contribution in [0, 0.1) is 5.82 Å². The van der Waals surface area contributed by atoms with E-state index >= 15 is 0 Å². The van der Waals surface area contributed by atoms with Crippen LogP contribution >= 0.6 is 0 Å². The Morgan fingerprint density at radius 2 is 1.96 bits per heavy atom. The lowest BCUT2D eigenvalue weighted by Gasteiger charge is -2.11. The van der Waals surface area contributed by atoms with E-state index in [2.05, 4.69) is 10.3 Å². The largest absolute Gasteiger partial charge is 0.433 e. The number of carbonyl (C=O) groups is 1. The van der Waals surface area contributed by atoms with Gasteiger partial charge in [-0.3, -0.25) is 4.79 Å². The van der Waals surface area contributed by atoms with Gasteiger partial charge in [-0.15, -0.1) is 0 Å². The van der Waals surface area contributed by atoms with Crippen LogP contribution in [0.5, 0.6) is 0 Å². The van der Waals surface area contributed by atoms with Gasteiger partial charge < -0.3 is 10.4 Å². The number of nitrogens with zero attached hydrogens (tertiary/aromatic N) is 1. The maximum absolute atomic E-state index is 13.7. The van der Waals surface area contributed by atoms with Crippen molar-refractivity contribution < 1.29 is 27.5 Å². The molecular weight excluding hydrogens is 316 g/mol. The van der Waals surface area contributed by atoms with Crippen LogP contribution in [-0.2, 0) is 6.18 Å². The zero-order chi connectivity index (χ0) is 17.2.